The molecular weight excluding hydrogens is 122 g/mol. The fraction of sp³-hybridized carbons (Fsp3) is 0.556. The Labute approximate surface area is 62.8 Å². The summed E-state index contributed by atoms with van der Waals surface area (Å²) in [6, 6.07) is 1.11. The topological polar surface area (TPSA) is 12.0 Å². The second-order valence-corrected chi connectivity index (χ2v) is 2.83. The maximum Gasteiger partial charge on any atom is 0.0221 e. The van der Waals surface area contributed by atoms with Gasteiger partial charge in [-0.15, -0.1) is 6.58 Å². The second-order valence-electron chi connectivity index (χ2n) is 2.83. The summed E-state index contributed by atoms with van der Waals surface area (Å²) in [5, 5.41) is 3.45. The molecule has 0 spiro atoms. The van der Waals surface area contributed by atoms with Gasteiger partial charge in [0.2, 0.25) is 0 Å². The van der Waals surface area contributed by atoms with Crippen molar-refractivity contribution in [2.75, 3.05) is 0 Å². The van der Waals surface area contributed by atoms with Crippen molar-refractivity contribution in [1.29, 1.82) is 0 Å². The van der Waals surface area contributed by atoms with Crippen molar-refractivity contribution in [2.45, 2.75) is 31.8 Å². The Kier molecular flexibility index (Phi) is 2.69. The van der Waals surface area contributed by atoms with E-state index >= 15 is 0 Å². The van der Waals surface area contributed by atoms with E-state index in [1.165, 1.54) is 12.8 Å². The van der Waals surface area contributed by atoms with E-state index in [1.807, 2.05) is 6.08 Å². The van der Waals surface area contributed by atoms with Gasteiger partial charge in [-0.2, -0.15) is 0 Å². The molecule has 0 amide bonds. The van der Waals surface area contributed by atoms with Crippen molar-refractivity contribution in [3.05, 3.63) is 24.8 Å². The van der Waals surface area contributed by atoms with Crippen LogP contribution in [0.15, 0.2) is 24.8 Å². The summed E-state index contributed by atoms with van der Waals surface area (Å²) < 4.78 is 0. The van der Waals surface area contributed by atoms with Crippen LogP contribution in [-0.2, 0) is 0 Å². The third kappa shape index (κ3) is 1.99. The van der Waals surface area contributed by atoms with Gasteiger partial charge in [-0.1, -0.05) is 18.2 Å². The van der Waals surface area contributed by atoms with Crippen LogP contribution in [0.1, 0.15) is 19.8 Å². The molecule has 0 aliphatic heterocycles. The van der Waals surface area contributed by atoms with Crippen molar-refractivity contribution in [1.82, 2.24) is 5.32 Å². The first-order valence-corrected chi connectivity index (χ1v) is 3.86. The predicted octanol–water partition coefficient (Wildman–Crippen LogP) is 1.87. The standard InChI is InChI=1S/C9H15N/c1-3-8(2)10-9-6-4-5-7-9/h3-5,8-10H,1,6-7H2,2H3. The molecule has 0 radical (unpaired) electrons. The molecule has 0 heterocycles. The van der Waals surface area contributed by atoms with Gasteiger partial charge in [-0.05, 0) is 19.8 Å². The van der Waals surface area contributed by atoms with Gasteiger partial charge in [-0.25, -0.2) is 0 Å². The van der Waals surface area contributed by atoms with Gasteiger partial charge in [0.25, 0.3) is 0 Å². The Morgan fingerprint density at radius 2 is 2.20 bits per heavy atom. The van der Waals surface area contributed by atoms with Gasteiger partial charge in [0.1, 0.15) is 0 Å². The molecule has 1 aliphatic carbocycles. The lowest BCUT2D eigenvalue weighted by molar-refractivity contribution is 0.508. The summed E-state index contributed by atoms with van der Waals surface area (Å²) in [5.41, 5.74) is 0. The van der Waals surface area contributed by atoms with Crippen molar-refractivity contribution in [3.8, 4) is 0 Å². The van der Waals surface area contributed by atoms with Crippen molar-refractivity contribution in [3.63, 3.8) is 0 Å². The third-order valence-corrected chi connectivity index (χ3v) is 1.86. The van der Waals surface area contributed by atoms with Crippen LogP contribution in [0.2, 0.25) is 0 Å². The number of rotatable bonds is 3. The molecule has 1 unspecified atom stereocenters. The van der Waals surface area contributed by atoms with Gasteiger partial charge >= 0.3 is 0 Å². The highest BCUT2D eigenvalue weighted by molar-refractivity contribution is 4.99. The van der Waals surface area contributed by atoms with Crippen LogP contribution < -0.4 is 5.32 Å². The Balaban J connectivity index is 2.19. The van der Waals surface area contributed by atoms with Crippen LogP contribution in [0.5, 0.6) is 0 Å². The average Bonchev–Trinajstić information content (AvgIpc) is 2.40. The van der Waals surface area contributed by atoms with Gasteiger partial charge in [-0.3, -0.25) is 0 Å². The zero-order valence-corrected chi connectivity index (χ0v) is 6.51. The molecule has 0 saturated carbocycles. The van der Waals surface area contributed by atoms with E-state index in [0.29, 0.717) is 12.1 Å². The minimum atomic E-state index is 0.449. The summed E-state index contributed by atoms with van der Waals surface area (Å²) in [6.45, 7) is 5.85. The molecule has 1 N–H and O–H groups in total. The first kappa shape index (κ1) is 7.55. The zero-order chi connectivity index (χ0) is 7.40. The lowest BCUT2D eigenvalue weighted by Gasteiger charge is -2.15. The molecule has 0 bridgehead atoms. The molecule has 1 heteroatoms. The Morgan fingerprint density at radius 1 is 1.60 bits per heavy atom. The van der Waals surface area contributed by atoms with E-state index in [9.17, 15) is 0 Å². The smallest absolute Gasteiger partial charge is 0.0221 e. The maximum atomic E-state index is 3.72. The first-order valence-electron chi connectivity index (χ1n) is 3.86. The first-order chi connectivity index (χ1) is 4.83. The van der Waals surface area contributed by atoms with E-state index in [0.717, 1.165) is 0 Å². The van der Waals surface area contributed by atoms with Crippen LogP contribution in [0, 0.1) is 0 Å². The Hall–Kier alpha value is -0.560. The highest BCUT2D eigenvalue weighted by Crippen LogP contribution is 2.09. The molecular formula is C9H15N. The largest absolute Gasteiger partial charge is 0.307 e. The predicted molar refractivity (Wildman–Crippen MR) is 45.0 cm³/mol. The van der Waals surface area contributed by atoms with Crippen LogP contribution in [0.4, 0.5) is 0 Å². The van der Waals surface area contributed by atoms with Crippen molar-refractivity contribution in [2.24, 2.45) is 0 Å². The Morgan fingerprint density at radius 3 is 2.70 bits per heavy atom. The SMILES string of the molecule is C=CC(C)NC1CC=CC1. The fourth-order valence-electron chi connectivity index (χ4n) is 1.19. The normalized spacial score (nSPS) is 21.3. The molecule has 1 atom stereocenters. The molecule has 1 aliphatic rings. The van der Waals surface area contributed by atoms with Crippen molar-refractivity contribution >= 4 is 0 Å². The average molecular weight is 137 g/mol. The van der Waals surface area contributed by atoms with Gasteiger partial charge < -0.3 is 5.32 Å². The number of hydrogen-bond donors (Lipinski definition) is 1. The van der Waals surface area contributed by atoms with Crippen molar-refractivity contribution < 1.29 is 0 Å². The molecule has 0 aromatic rings. The summed E-state index contributed by atoms with van der Waals surface area (Å²) in [4.78, 5) is 0. The van der Waals surface area contributed by atoms with Crippen LogP contribution in [0.25, 0.3) is 0 Å². The second kappa shape index (κ2) is 3.57. The maximum absolute atomic E-state index is 3.72. The highest BCUT2D eigenvalue weighted by Gasteiger charge is 2.10. The van der Waals surface area contributed by atoms with Gasteiger partial charge in [0.05, 0.1) is 0 Å². The highest BCUT2D eigenvalue weighted by atomic mass is 14.9. The summed E-state index contributed by atoms with van der Waals surface area (Å²) in [6.07, 6.45) is 8.76. The number of hydrogen-bond acceptors (Lipinski definition) is 1. The monoisotopic (exact) mass is 137 g/mol. The molecule has 10 heavy (non-hydrogen) atoms. The van der Waals surface area contributed by atoms with E-state index in [-0.39, 0.29) is 0 Å². The van der Waals surface area contributed by atoms with Crippen LogP contribution in [-0.4, -0.2) is 12.1 Å². The quantitative estimate of drug-likeness (QED) is 0.585. The summed E-state index contributed by atoms with van der Waals surface area (Å²) in [5.74, 6) is 0. The minimum Gasteiger partial charge on any atom is -0.307 e. The molecule has 0 saturated heterocycles. The van der Waals surface area contributed by atoms with Gasteiger partial charge in [0.15, 0.2) is 0 Å². The number of nitrogens with one attached hydrogen (secondary N) is 1. The van der Waals surface area contributed by atoms with Gasteiger partial charge in [0, 0.05) is 12.1 Å². The van der Waals surface area contributed by atoms with E-state index in [1.54, 1.807) is 0 Å². The van der Waals surface area contributed by atoms with E-state index in [2.05, 4.69) is 31.0 Å². The van der Waals surface area contributed by atoms with E-state index in [4.69, 9.17) is 0 Å². The van der Waals surface area contributed by atoms with E-state index < -0.39 is 0 Å². The Bertz CT molecular complexity index is 130. The molecule has 0 aromatic carbocycles. The fourth-order valence-corrected chi connectivity index (χ4v) is 1.19. The third-order valence-electron chi connectivity index (χ3n) is 1.86. The minimum absolute atomic E-state index is 0.449. The lowest BCUT2D eigenvalue weighted by Crippen LogP contribution is -2.33. The molecule has 1 nitrogen and oxygen atoms in total. The summed E-state index contributed by atoms with van der Waals surface area (Å²) in [7, 11) is 0. The zero-order valence-electron chi connectivity index (χ0n) is 6.51. The lowest BCUT2D eigenvalue weighted by atomic mass is 10.2. The summed E-state index contributed by atoms with van der Waals surface area (Å²) >= 11 is 0. The molecule has 1 rings (SSSR count). The van der Waals surface area contributed by atoms with Crippen LogP contribution in [0.3, 0.4) is 0 Å². The molecule has 0 fully saturated rings. The molecule has 56 valence electrons. The molecule has 0 aromatic heterocycles. The van der Waals surface area contributed by atoms with Crippen LogP contribution >= 0.6 is 0 Å².